The smallest absolute Gasteiger partial charge is 0.305 e. The SMILES string of the molecule is C/C1=C\CCCCCC(=O)OCCCCC1. The van der Waals surface area contributed by atoms with Crippen molar-refractivity contribution in [1.29, 1.82) is 0 Å². The van der Waals surface area contributed by atoms with E-state index in [0.717, 1.165) is 19.3 Å². The van der Waals surface area contributed by atoms with E-state index < -0.39 is 0 Å². The van der Waals surface area contributed by atoms with Crippen molar-refractivity contribution in [2.24, 2.45) is 0 Å². The fourth-order valence-electron chi connectivity index (χ4n) is 1.98. The molecule has 16 heavy (non-hydrogen) atoms. The normalized spacial score (nSPS) is 25.1. The Hall–Kier alpha value is -0.790. The Morgan fingerprint density at radius 1 is 1.00 bits per heavy atom. The summed E-state index contributed by atoms with van der Waals surface area (Å²) in [6, 6.07) is 0. The maximum Gasteiger partial charge on any atom is 0.305 e. The minimum atomic E-state index is -0.0104. The molecule has 0 aliphatic carbocycles. The first-order valence-electron chi connectivity index (χ1n) is 6.60. The maximum atomic E-state index is 11.3. The molecule has 0 unspecified atom stereocenters. The summed E-state index contributed by atoms with van der Waals surface area (Å²) in [5.41, 5.74) is 1.52. The van der Waals surface area contributed by atoms with Crippen LogP contribution in [-0.4, -0.2) is 12.6 Å². The summed E-state index contributed by atoms with van der Waals surface area (Å²) >= 11 is 0. The van der Waals surface area contributed by atoms with E-state index in [1.165, 1.54) is 37.7 Å². The molecule has 1 aliphatic heterocycles. The van der Waals surface area contributed by atoms with Crippen molar-refractivity contribution in [2.75, 3.05) is 6.61 Å². The Morgan fingerprint density at radius 2 is 1.75 bits per heavy atom. The lowest BCUT2D eigenvalue weighted by Gasteiger charge is -2.07. The first kappa shape index (κ1) is 13.3. The van der Waals surface area contributed by atoms with Crippen molar-refractivity contribution in [3.05, 3.63) is 11.6 Å². The molecule has 0 radical (unpaired) electrons. The molecule has 92 valence electrons. The minimum Gasteiger partial charge on any atom is -0.466 e. The lowest BCUT2D eigenvalue weighted by molar-refractivity contribution is -0.143. The maximum absolute atomic E-state index is 11.3. The molecule has 2 heteroatoms. The molecule has 0 aromatic rings. The zero-order chi connectivity index (χ0) is 11.6. The fraction of sp³-hybridized carbons (Fsp3) is 0.786. The first-order chi connectivity index (χ1) is 7.79. The van der Waals surface area contributed by atoms with Gasteiger partial charge in [-0.05, 0) is 51.9 Å². The standard InChI is InChI=1S/C14H24O2/c1-13-9-5-2-3-7-11-14(15)16-12-8-4-6-10-13/h9H,2-8,10-12H2,1H3/b13-9+. The summed E-state index contributed by atoms with van der Waals surface area (Å²) in [5, 5.41) is 0. The van der Waals surface area contributed by atoms with Gasteiger partial charge in [0.05, 0.1) is 6.61 Å². The van der Waals surface area contributed by atoms with Crippen LogP contribution < -0.4 is 0 Å². The van der Waals surface area contributed by atoms with Gasteiger partial charge >= 0.3 is 5.97 Å². The highest BCUT2D eigenvalue weighted by Gasteiger charge is 2.03. The van der Waals surface area contributed by atoms with Crippen molar-refractivity contribution in [2.45, 2.75) is 64.7 Å². The highest BCUT2D eigenvalue weighted by atomic mass is 16.5. The van der Waals surface area contributed by atoms with Crippen LogP contribution in [0.25, 0.3) is 0 Å². The topological polar surface area (TPSA) is 26.3 Å². The van der Waals surface area contributed by atoms with Gasteiger partial charge in [0.1, 0.15) is 0 Å². The van der Waals surface area contributed by atoms with Crippen molar-refractivity contribution in [1.82, 2.24) is 0 Å². The number of ether oxygens (including phenoxy) is 1. The Morgan fingerprint density at radius 3 is 2.62 bits per heavy atom. The summed E-state index contributed by atoms with van der Waals surface area (Å²) in [4.78, 5) is 11.3. The summed E-state index contributed by atoms with van der Waals surface area (Å²) < 4.78 is 5.16. The Balaban J connectivity index is 2.30. The van der Waals surface area contributed by atoms with Crippen LogP contribution in [0.15, 0.2) is 11.6 Å². The number of allylic oxidation sites excluding steroid dienone is 2. The van der Waals surface area contributed by atoms with E-state index >= 15 is 0 Å². The van der Waals surface area contributed by atoms with Gasteiger partial charge in [0.15, 0.2) is 0 Å². The predicted octanol–water partition coefficient (Wildman–Crippen LogP) is 4.00. The van der Waals surface area contributed by atoms with Crippen LogP contribution in [0.5, 0.6) is 0 Å². The molecule has 0 saturated carbocycles. The average Bonchev–Trinajstić information content (AvgIpc) is 2.27. The van der Waals surface area contributed by atoms with Gasteiger partial charge in [-0.1, -0.05) is 18.1 Å². The molecule has 0 aromatic heterocycles. The summed E-state index contributed by atoms with van der Waals surface area (Å²) in [7, 11) is 0. The Kier molecular flexibility index (Phi) is 6.95. The lowest BCUT2D eigenvalue weighted by atomic mass is 10.1. The van der Waals surface area contributed by atoms with Gasteiger partial charge in [0, 0.05) is 6.42 Å². The highest BCUT2D eigenvalue weighted by molar-refractivity contribution is 5.69. The zero-order valence-corrected chi connectivity index (χ0v) is 10.5. The van der Waals surface area contributed by atoms with Gasteiger partial charge in [-0.3, -0.25) is 4.79 Å². The number of hydrogen-bond donors (Lipinski definition) is 0. The average molecular weight is 224 g/mol. The quantitative estimate of drug-likeness (QED) is 0.459. The molecule has 1 rings (SSSR count). The molecule has 0 N–H and O–H groups in total. The van der Waals surface area contributed by atoms with E-state index in [4.69, 9.17) is 4.74 Å². The Labute approximate surface area is 99.1 Å². The molecule has 0 amide bonds. The van der Waals surface area contributed by atoms with E-state index in [1.807, 2.05) is 0 Å². The third kappa shape index (κ3) is 6.65. The first-order valence-corrected chi connectivity index (χ1v) is 6.60. The molecule has 0 atom stereocenters. The number of cyclic esters (lactones) is 1. The predicted molar refractivity (Wildman–Crippen MR) is 66.3 cm³/mol. The van der Waals surface area contributed by atoms with E-state index in [1.54, 1.807) is 0 Å². The van der Waals surface area contributed by atoms with E-state index in [2.05, 4.69) is 13.0 Å². The van der Waals surface area contributed by atoms with Crippen LogP contribution >= 0.6 is 0 Å². The third-order valence-corrected chi connectivity index (χ3v) is 3.06. The van der Waals surface area contributed by atoms with Gasteiger partial charge in [0.2, 0.25) is 0 Å². The van der Waals surface area contributed by atoms with E-state index in [9.17, 15) is 4.79 Å². The van der Waals surface area contributed by atoms with Gasteiger partial charge in [-0.25, -0.2) is 0 Å². The Bertz CT molecular complexity index is 231. The van der Waals surface area contributed by atoms with E-state index in [-0.39, 0.29) is 5.97 Å². The number of carbonyl (C=O) groups is 1. The molecular formula is C14H24O2. The van der Waals surface area contributed by atoms with Crippen LogP contribution in [0.2, 0.25) is 0 Å². The molecule has 0 fully saturated rings. The fourth-order valence-corrected chi connectivity index (χ4v) is 1.98. The third-order valence-electron chi connectivity index (χ3n) is 3.06. The van der Waals surface area contributed by atoms with Crippen LogP contribution in [0.4, 0.5) is 0 Å². The van der Waals surface area contributed by atoms with E-state index in [0.29, 0.717) is 13.0 Å². The largest absolute Gasteiger partial charge is 0.466 e. The highest BCUT2D eigenvalue weighted by Crippen LogP contribution is 2.12. The van der Waals surface area contributed by atoms with Crippen LogP contribution in [-0.2, 0) is 9.53 Å². The molecule has 0 saturated heterocycles. The molecule has 1 aliphatic rings. The molecule has 2 nitrogen and oxygen atoms in total. The molecule has 1 heterocycles. The minimum absolute atomic E-state index is 0.0104. The van der Waals surface area contributed by atoms with Gasteiger partial charge in [-0.2, -0.15) is 0 Å². The second kappa shape index (κ2) is 8.37. The van der Waals surface area contributed by atoms with Gasteiger partial charge in [0.25, 0.3) is 0 Å². The lowest BCUT2D eigenvalue weighted by Crippen LogP contribution is -2.05. The number of carbonyl (C=O) groups excluding carboxylic acids is 1. The summed E-state index contributed by atoms with van der Waals surface area (Å²) in [6.45, 7) is 2.84. The second-order valence-corrected chi connectivity index (χ2v) is 4.68. The number of esters is 1. The van der Waals surface area contributed by atoms with Gasteiger partial charge < -0.3 is 4.74 Å². The molecule has 0 spiro atoms. The van der Waals surface area contributed by atoms with Crippen molar-refractivity contribution in [3.8, 4) is 0 Å². The van der Waals surface area contributed by atoms with Gasteiger partial charge in [-0.15, -0.1) is 0 Å². The van der Waals surface area contributed by atoms with Crippen molar-refractivity contribution < 1.29 is 9.53 Å². The summed E-state index contributed by atoms with van der Waals surface area (Å²) in [6.07, 6.45) is 12.0. The molecular weight excluding hydrogens is 200 g/mol. The molecule has 0 bridgehead atoms. The number of rotatable bonds is 0. The monoisotopic (exact) mass is 224 g/mol. The van der Waals surface area contributed by atoms with Crippen LogP contribution in [0.3, 0.4) is 0 Å². The second-order valence-electron chi connectivity index (χ2n) is 4.68. The summed E-state index contributed by atoms with van der Waals surface area (Å²) in [5.74, 6) is -0.0104. The number of hydrogen-bond acceptors (Lipinski definition) is 2. The molecule has 0 aromatic carbocycles. The van der Waals surface area contributed by atoms with Crippen LogP contribution in [0, 0.1) is 0 Å². The van der Waals surface area contributed by atoms with Crippen LogP contribution in [0.1, 0.15) is 64.7 Å². The van der Waals surface area contributed by atoms with Crippen molar-refractivity contribution in [3.63, 3.8) is 0 Å². The van der Waals surface area contributed by atoms with Crippen molar-refractivity contribution >= 4 is 5.97 Å². The zero-order valence-electron chi connectivity index (χ0n) is 10.5.